The molecule has 0 bridgehead atoms. The largest absolute Gasteiger partial charge is 0.360 e. The van der Waals surface area contributed by atoms with Crippen molar-refractivity contribution in [3.05, 3.63) is 17.0 Å². The van der Waals surface area contributed by atoms with E-state index in [2.05, 4.69) is 10.5 Å². The molecule has 1 heterocycles. The summed E-state index contributed by atoms with van der Waals surface area (Å²) in [6.45, 7) is 8.17. The molecule has 112 valence electrons. The number of likely N-dealkylation sites (N-methyl/N-ethyl adjacent to an activating group) is 1. The maximum absolute atomic E-state index is 12.6. The number of aryl methyl sites for hydroxylation is 1. The molecule has 1 aromatic rings. The van der Waals surface area contributed by atoms with Crippen molar-refractivity contribution in [3.63, 3.8) is 0 Å². The van der Waals surface area contributed by atoms with Crippen molar-refractivity contribution in [1.29, 1.82) is 0 Å². The lowest BCUT2D eigenvalue weighted by molar-refractivity contribution is -0.121. The Morgan fingerprint density at radius 3 is 2.55 bits per heavy atom. The molecule has 0 fully saturated rings. The molecular weight excluding hydrogens is 258 g/mol. The smallest absolute Gasteiger partial charge is 0.259 e. The summed E-state index contributed by atoms with van der Waals surface area (Å²) >= 11 is 0. The molecule has 0 aliphatic rings. The van der Waals surface area contributed by atoms with E-state index in [-0.39, 0.29) is 24.3 Å². The highest BCUT2D eigenvalue weighted by molar-refractivity contribution is 5.98. The third-order valence-electron chi connectivity index (χ3n) is 3.02. The molecule has 1 aromatic heterocycles. The van der Waals surface area contributed by atoms with Gasteiger partial charge in [-0.2, -0.15) is 0 Å². The summed E-state index contributed by atoms with van der Waals surface area (Å²) in [4.78, 5) is 25.7. The second-order valence-electron chi connectivity index (χ2n) is 5.06. The number of carbonyl (C=O) groups excluding carboxylic acids is 2. The first-order valence-corrected chi connectivity index (χ1v) is 6.88. The van der Waals surface area contributed by atoms with E-state index in [9.17, 15) is 9.59 Å². The first-order chi connectivity index (χ1) is 9.42. The first-order valence-electron chi connectivity index (χ1n) is 6.88. The SMILES string of the molecule is CCCN(CC(=O)NC)C(=O)c1c(C)noc1C(C)C. The number of amides is 2. The minimum Gasteiger partial charge on any atom is -0.360 e. The molecule has 0 aromatic carbocycles. The minimum atomic E-state index is -0.196. The quantitative estimate of drug-likeness (QED) is 0.861. The number of aromatic nitrogens is 1. The van der Waals surface area contributed by atoms with Crippen LogP contribution in [0, 0.1) is 6.92 Å². The second kappa shape index (κ2) is 7.07. The van der Waals surface area contributed by atoms with Gasteiger partial charge in [0.25, 0.3) is 5.91 Å². The molecule has 6 nitrogen and oxygen atoms in total. The summed E-state index contributed by atoms with van der Waals surface area (Å²) in [5.41, 5.74) is 1.05. The molecule has 0 aliphatic heterocycles. The van der Waals surface area contributed by atoms with Gasteiger partial charge in [0.15, 0.2) is 5.76 Å². The van der Waals surface area contributed by atoms with Crippen LogP contribution in [0.4, 0.5) is 0 Å². The molecule has 0 spiro atoms. The van der Waals surface area contributed by atoms with Gasteiger partial charge in [0.1, 0.15) is 5.56 Å². The number of hydrogen-bond donors (Lipinski definition) is 1. The summed E-state index contributed by atoms with van der Waals surface area (Å²) in [5, 5.41) is 6.41. The third kappa shape index (κ3) is 3.59. The molecule has 1 rings (SSSR count). The lowest BCUT2D eigenvalue weighted by atomic mass is 10.0. The van der Waals surface area contributed by atoms with E-state index < -0.39 is 0 Å². The summed E-state index contributed by atoms with van der Waals surface area (Å²) in [6.07, 6.45) is 0.782. The van der Waals surface area contributed by atoms with Crippen molar-refractivity contribution in [2.24, 2.45) is 0 Å². The van der Waals surface area contributed by atoms with Crippen LogP contribution in [0.1, 0.15) is 54.9 Å². The standard InChI is InChI=1S/C14H23N3O3/c1-6-7-17(8-11(18)15-5)14(19)12-10(4)16-20-13(12)9(2)3/h9H,6-8H2,1-5H3,(H,15,18). The molecule has 6 heteroatoms. The summed E-state index contributed by atoms with van der Waals surface area (Å²) < 4.78 is 5.24. The van der Waals surface area contributed by atoms with E-state index in [1.807, 2.05) is 20.8 Å². The van der Waals surface area contributed by atoms with E-state index in [0.29, 0.717) is 23.6 Å². The van der Waals surface area contributed by atoms with E-state index >= 15 is 0 Å². The molecule has 0 aliphatic carbocycles. The van der Waals surface area contributed by atoms with Crippen LogP contribution < -0.4 is 5.32 Å². The zero-order valence-electron chi connectivity index (χ0n) is 12.8. The van der Waals surface area contributed by atoms with Gasteiger partial charge >= 0.3 is 0 Å². The Hall–Kier alpha value is -1.85. The Morgan fingerprint density at radius 2 is 2.05 bits per heavy atom. The fourth-order valence-electron chi connectivity index (χ4n) is 1.97. The van der Waals surface area contributed by atoms with Gasteiger partial charge in [0.2, 0.25) is 5.91 Å². The zero-order chi connectivity index (χ0) is 15.3. The van der Waals surface area contributed by atoms with Crippen molar-refractivity contribution >= 4 is 11.8 Å². The van der Waals surface area contributed by atoms with Crippen LogP contribution in [0.2, 0.25) is 0 Å². The van der Waals surface area contributed by atoms with Crippen LogP contribution in [-0.4, -0.2) is 42.0 Å². The number of nitrogens with zero attached hydrogens (tertiary/aromatic N) is 2. The van der Waals surface area contributed by atoms with Gasteiger partial charge in [-0.1, -0.05) is 25.9 Å². The van der Waals surface area contributed by atoms with Gasteiger partial charge in [-0.05, 0) is 13.3 Å². The lowest BCUT2D eigenvalue weighted by Gasteiger charge is -2.21. The van der Waals surface area contributed by atoms with E-state index in [1.54, 1.807) is 14.0 Å². The molecule has 0 atom stereocenters. The Bertz CT molecular complexity index is 480. The highest BCUT2D eigenvalue weighted by atomic mass is 16.5. The predicted octanol–water partition coefficient (Wildman–Crippen LogP) is 1.70. The number of carbonyl (C=O) groups is 2. The van der Waals surface area contributed by atoms with E-state index in [0.717, 1.165) is 6.42 Å². The molecule has 0 radical (unpaired) electrons. The van der Waals surface area contributed by atoms with Gasteiger partial charge in [-0.3, -0.25) is 9.59 Å². The van der Waals surface area contributed by atoms with Crippen LogP contribution >= 0.6 is 0 Å². The van der Waals surface area contributed by atoms with E-state index in [4.69, 9.17) is 4.52 Å². The number of hydrogen-bond acceptors (Lipinski definition) is 4. The van der Waals surface area contributed by atoms with Crippen molar-refractivity contribution in [3.8, 4) is 0 Å². The summed E-state index contributed by atoms with van der Waals surface area (Å²) in [7, 11) is 1.56. The average Bonchev–Trinajstić information content (AvgIpc) is 2.79. The lowest BCUT2D eigenvalue weighted by Crippen LogP contribution is -2.40. The predicted molar refractivity (Wildman–Crippen MR) is 75.6 cm³/mol. The zero-order valence-corrected chi connectivity index (χ0v) is 12.8. The highest BCUT2D eigenvalue weighted by Gasteiger charge is 2.27. The number of rotatable bonds is 6. The van der Waals surface area contributed by atoms with Crippen LogP contribution in [-0.2, 0) is 4.79 Å². The van der Waals surface area contributed by atoms with Crippen molar-refractivity contribution in [2.45, 2.75) is 40.0 Å². The van der Waals surface area contributed by atoms with Gasteiger partial charge in [0.05, 0.1) is 12.2 Å². The van der Waals surface area contributed by atoms with Crippen LogP contribution in [0.25, 0.3) is 0 Å². The molecule has 1 N–H and O–H groups in total. The van der Waals surface area contributed by atoms with E-state index in [1.165, 1.54) is 4.90 Å². The fraction of sp³-hybridized carbons (Fsp3) is 0.643. The average molecular weight is 281 g/mol. The monoisotopic (exact) mass is 281 g/mol. The second-order valence-corrected chi connectivity index (χ2v) is 5.06. The molecule has 20 heavy (non-hydrogen) atoms. The minimum absolute atomic E-state index is 0.0470. The first kappa shape index (κ1) is 16.2. The molecule has 0 unspecified atom stereocenters. The van der Waals surface area contributed by atoms with Crippen LogP contribution in [0.3, 0.4) is 0 Å². The van der Waals surface area contributed by atoms with Crippen molar-refractivity contribution in [1.82, 2.24) is 15.4 Å². The van der Waals surface area contributed by atoms with Crippen LogP contribution in [0.5, 0.6) is 0 Å². The molecule has 0 saturated carbocycles. The summed E-state index contributed by atoms with van der Waals surface area (Å²) in [5.74, 6) is 0.258. The Labute approximate surface area is 119 Å². The highest BCUT2D eigenvalue weighted by Crippen LogP contribution is 2.23. The van der Waals surface area contributed by atoms with Gasteiger partial charge in [-0.25, -0.2) is 0 Å². The Kier molecular flexibility index (Phi) is 5.73. The van der Waals surface area contributed by atoms with Crippen molar-refractivity contribution < 1.29 is 14.1 Å². The number of nitrogens with one attached hydrogen (secondary N) is 1. The third-order valence-corrected chi connectivity index (χ3v) is 3.02. The Balaban J connectivity index is 3.05. The van der Waals surface area contributed by atoms with Gasteiger partial charge in [0, 0.05) is 19.5 Å². The van der Waals surface area contributed by atoms with Gasteiger partial charge in [-0.15, -0.1) is 0 Å². The Morgan fingerprint density at radius 1 is 1.40 bits per heavy atom. The molecular formula is C14H23N3O3. The maximum atomic E-state index is 12.6. The van der Waals surface area contributed by atoms with Crippen molar-refractivity contribution in [2.75, 3.05) is 20.1 Å². The normalized spacial score (nSPS) is 10.7. The van der Waals surface area contributed by atoms with Crippen LogP contribution in [0.15, 0.2) is 4.52 Å². The van der Waals surface area contributed by atoms with Gasteiger partial charge < -0.3 is 14.7 Å². The summed E-state index contributed by atoms with van der Waals surface area (Å²) in [6, 6.07) is 0. The molecule has 0 saturated heterocycles. The molecule has 2 amide bonds. The topological polar surface area (TPSA) is 75.4 Å². The maximum Gasteiger partial charge on any atom is 0.259 e. The fourth-order valence-corrected chi connectivity index (χ4v) is 1.97.